The largest absolute Gasteiger partial charge is 0.325 e. The first-order valence-electron chi connectivity index (χ1n) is 7.12. The van der Waals surface area contributed by atoms with Gasteiger partial charge in [0.1, 0.15) is 5.69 Å². The van der Waals surface area contributed by atoms with Crippen LogP contribution < -0.4 is 0 Å². The zero-order valence-electron chi connectivity index (χ0n) is 12.1. The van der Waals surface area contributed by atoms with Gasteiger partial charge < -0.3 is 4.57 Å². The minimum atomic E-state index is 0.569. The summed E-state index contributed by atoms with van der Waals surface area (Å²) < 4.78 is 2.00. The zero-order chi connectivity index (χ0) is 15.6. The van der Waals surface area contributed by atoms with Crippen LogP contribution in [-0.2, 0) is 6.54 Å². The van der Waals surface area contributed by atoms with E-state index in [2.05, 4.69) is 19.9 Å². The highest BCUT2D eigenvalue weighted by Gasteiger charge is 2.12. The molecular formula is C17H12ClN5. The maximum Gasteiger partial charge on any atom is 0.160 e. The van der Waals surface area contributed by atoms with Crippen molar-refractivity contribution in [2.24, 2.45) is 0 Å². The summed E-state index contributed by atoms with van der Waals surface area (Å²) in [5.74, 6) is 0.752. The Kier molecular flexibility index (Phi) is 3.48. The molecule has 23 heavy (non-hydrogen) atoms. The van der Waals surface area contributed by atoms with Crippen molar-refractivity contribution in [1.82, 2.24) is 24.5 Å². The van der Waals surface area contributed by atoms with Crippen LogP contribution in [0.15, 0.2) is 61.4 Å². The summed E-state index contributed by atoms with van der Waals surface area (Å²) in [6.07, 6.45) is 10.4. The smallest absolute Gasteiger partial charge is 0.160 e. The molecule has 0 N–H and O–H groups in total. The third kappa shape index (κ3) is 2.55. The van der Waals surface area contributed by atoms with Crippen molar-refractivity contribution < 1.29 is 0 Å². The maximum absolute atomic E-state index is 6.42. The van der Waals surface area contributed by atoms with Crippen molar-refractivity contribution in [2.45, 2.75) is 6.54 Å². The first-order valence-corrected chi connectivity index (χ1v) is 7.50. The molecule has 5 nitrogen and oxygen atoms in total. The Hall–Kier alpha value is -2.79. The summed E-state index contributed by atoms with van der Waals surface area (Å²) in [4.78, 5) is 17.3. The van der Waals surface area contributed by atoms with Crippen LogP contribution >= 0.6 is 11.6 Å². The Bertz CT molecular complexity index is 965. The normalized spacial score (nSPS) is 11.0. The van der Waals surface area contributed by atoms with Gasteiger partial charge >= 0.3 is 0 Å². The molecule has 0 saturated carbocycles. The van der Waals surface area contributed by atoms with Crippen LogP contribution in [0.1, 0.15) is 5.56 Å². The van der Waals surface area contributed by atoms with Gasteiger partial charge in [-0.05, 0) is 12.1 Å². The number of hydrogen-bond acceptors (Lipinski definition) is 4. The first kappa shape index (κ1) is 13.8. The molecule has 0 unspecified atom stereocenters. The molecule has 0 saturated heterocycles. The van der Waals surface area contributed by atoms with Crippen molar-refractivity contribution in [2.75, 3.05) is 0 Å². The van der Waals surface area contributed by atoms with Crippen molar-refractivity contribution in [1.29, 1.82) is 0 Å². The van der Waals surface area contributed by atoms with Crippen molar-refractivity contribution in [3.63, 3.8) is 0 Å². The standard InChI is InChI=1S/C17H12ClN5/c18-14-4-3-12-2-1-5-21-16(12)13(14)11-23-9-8-22-17(23)15-10-19-6-7-20-15/h1-10H,11H2. The Balaban J connectivity index is 1.81. The van der Waals surface area contributed by atoms with Gasteiger partial charge in [0, 0.05) is 47.0 Å². The molecule has 3 heterocycles. The summed E-state index contributed by atoms with van der Waals surface area (Å²) in [6, 6.07) is 7.83. The lowest BCUT2D eigenvalue weighted by molar-refractivity contribution is 0.806. The Morgan fingerprint density at radius 1 is 0.957 bits per heavy atom. The fraction of sp³-hybridized carbons (Fsp3) is 0.0588. The molecule has 0 radical (unpaired) electrons. The van der Waals surface area contributed by atoms with Crippen LogP contribution in [0.3, 0.4) is 0 Å². The topological polar surface area (TPSA) is 56.5 Å². The number of benzene rings is 1. The highest BCUT2D eigenvalue weighted by Crippen LogP contribution is 2.26. The molecule has 0 atom stereocenters. The van der Waals surface area contributed by atoms with E-state index in [1.54, 1.807) is 31.0 Å². The van der Waals surface area contributed by atoms with E-state index in [-0.39, 0.29) is 0 Å². The predicted octanol–water partition coefficient (Wildman–Crippen LogP) is 3.59. The van der Waals surface area contributed by atoms with Crippen LogP contribution in [0.5, 0.6) is 0 Å². The zero-order valence-corrected chi connectivity index (χ0v) is 12.9. The second-order valence-corrected chi connectivity index (χ2v) is 5.48. The molecule has 0 spiro atoms. The number of halogens is 1. The first-order chi connectivity index (χ1) is 11.3. The van der Waals surface area contributed by atoms with Gasteiger partial charge in [-0.1, -0.05) is 23.7 Å². The molecule has 1 aromatic carbocycles. The average molecular weight is 322 g/mol. The van der Waals surface area contributed by atoms with Gasteiger partial charge in [-0.3, -0.25) is 9.97 Å². The minimum Gasteiger partial charge on any atom is -0.325 e. The lowest BCUT2D eigenvalue weighted by Crippen LogP contribution is -2.04. The second-order valence-electron chi connectivity index (χ2n) is 5.07. The van der Waals surface area contributed by atoms with E-state index >= 15 is 0 Å². The predicted molar refractivity (Wildman–Crippen MR) is 89.1 cm³/mol. The van der Waals surface area contributed by atoms with E-state index in [0.717, 1.165) is 28.0 Å². The van der Waals surface area contributed by atoms with Crippen LogP contribution in [0.4, 0.5) is 0 Å². The molecule has 3 aromatic heterocycles. The molecule has 0 aliphatic rings. The summed E-state index contributed by atoms with van der Waals surface area (Å²) in [7, 11) is 0. The minimum absolute atomic E-state index is 0.569. The second kappa shape index (κ2) is 5.78. The van der Waals surface area contributed by atoms with Gasteiger partial charge in [0.25, 0.3) is 0 Å². The van der Waals surface area contributed by atoms with Gasteiger partial charge in [-0.15, -0.1) is 0 Å². The molecule has 4 aromatic rings. The summed E-state index contributed by atoms with van der Waals surface area (Å²) in [5.41, 5.74) is 2.59. The van der Waals surface area contributed by atoms with E-state index in [1.165, 1.54) is 0 Å². The monoisotopic (exact) mass is 321 g/mol. The number of pyridine rings is 1. The Labute approximate surface area is 137 Å². The lowest BCUT2D eigenvalue weighted by Gasteiger charge is -2.11. The van der Waals surface area contributed by atoms with Gasteiger partial charge in [0.15, 0.2) is 5.82 Å². The van der Waals surface area contributed by atoms with Crippen LogP contribution in [0, 0.1) is 0 Å². The van der Waals surface area contributed by atoms with E-state index in [1.807, 2.05) is 35.0 Å². The fourth-order valence-corrected chi connectivity index (χ4v) is 2.80. The number of fused-ring (bicyclic) bond motifs is 1. The van der Waals surface area contributed by atoms with Crippen molar-refractivity contribution in [3.05, 3.63) is 72.0 Å². The molecule has 4 rings (SSSR count). The highest BCUT2D eigenvalue weighted by molar-refractivity contribution is 6.32. The van der Waals surface area contributed by atoms with Gasteiger partial charge in [0.05, 0.1) is 18.3 Å². The molecule has 0 fully saturated rings. The quantitative estimate of drug-likeness (QED) is 0.578. The fourth-order valence-electron chi connectivity index (χ4n) is 2.59. The molecule has 0 bridgehead atoms. The van der Waals surface area contributed by atoms with Crippen LogP contribution in [-0.4, -0.2) is 24.5 Å². The van der Waals surface area contributed by atoms with E-state index in [0.29, 0.717) is 11.6 Å². The van der Waals surface area contributed by atoms with E-state index < -0.39 is 0 Å². The molecule has 6 heteroatoms. The third-order valence-corrected chi connectivity index (χ3v) is 4.01. The third-order valence-electron chi connectivity index (χ3n) is 3.66. The van der Waals surface area contributed by atoms with Crippen LogP contribution in [0.2, 0.25) is 5.02 Å². The van der Waals surface area contributed by atoms with Gasteiger partial charge in [-0.25, -0.2) is 9.97 Å². The highest BCUT2D eigenvalue weighted by atomic mass is 35.5. The maximum atomic E-state index is 6.42. The van der Waals surface area contributed by atoms with Crippen LogP contribution in [0.25, 0.3) is 22.4 Å². The Morgan fingerprint density at radius 2 is 1.91 bits per heavy atom. The summed E-state index contributed by atoms with van der Waals surface area (Å²) in [6.45, 7) is 0.569. The number of rotatable bonds is 3. The number of imidazole rings is 1. The summed E-state index contributed by atoms with van der Waals surface area (Å²) in [5, 5.41) is 1.75. The number of nitrogens with zero attached hydrogens (tertiary/aromatic N) is 5. The molecule has 0 aliphatic heterocycles. The molecule has 112 valence electrons. The molecule has 0 amide bonds. The van der Waals surface area contributed by atoms with E-state index in [9.17, 15) is 0 Å². The van der Waals surface area contributed by atoms with E-state index in [4.69, 9.17) is 11.6 Å². The van der Waals surface area contributed by atoms with Gasteiger partial charge in [0.2, 0.25) is 0 Å². The summed E-state index contributed by atoms with van der Waals surface area (Å²) >= 11 is 6.42. The lowest BCUT2D eigenvalue weighted by atomic mass is 10.1. The Morgan fingerprint density at radius 3 is 2.78 bits per heavy atom. The van der Waals surface area contributed by atoms with Crippen molar-refractivity contribution >= 4 is 22.5 Å². The average Bonchev–Trinajstić information content (AvgIpc) is 3.06. The SMILES string of the molecule is Clc1ccc2cccnc2c1Cn1ccnc1-c1cnccn1. The number of aromatic nitrogens is 5. The van der Waals surface area contributed by atoms with Crippen molar-refractivity contribution in [3.8, 4) is 11.5 Å². The molecule has 0 aliphatic carbocycles. The molecular weight excluding hydrogens is 310 g/mol. The van der Waals surface area contributed by atoms with Gasteiger partial charge in [-0.2, -0.15) is 0 Å². The number of hydrogen-bond donors (Lipinski definition) is 0.